The second-order valence-corrected chi connectivity index (χ2v) is 8.71. The summed E-state index contributed by atoms with van der Waals surface area (Å²) in [5.74, 6) is -0.133. The first kappa shape index (κ1) is 19.4. The molecule has 2 aromatic carbocycles. The Hall–Kier alpha value is -2.38. The molecule has 3 rings (SSSR count). The standard InChI is InChI=1S/C20H25N3O3S/c1-15-7-8-18(13-16(15)2)21-27(25,26)19-6-4-5-17(14-19)20(24)23-11-9-22(3)10-12-23/h4-8,13-14,21H,9-12H2,1-3H3. The molecule has 0 radical (unpaired) electrons. The second kappa shape index (κ2) is 7.70. The van der Waals surface area contributed by atoms with Crippen molar-refractivity contribution in [3.63, 3.8) is 0 Å². The molecule has 1 amide bonds. The van der Waals surface area contributed by atoms with Crippen molar-refractivity contribution in [1.82, 2.24) is 9.80 Å². The first-order valence-corrected chi connectivity index (χ1v) is 10.4. The summed E-state index contributed by atoms with van der Waals surface area (Å²) in [6.07, 6.45) is 0. The largest absolute Gasteiger partial charge is 0.336 e. The lowest BCUT2D eigenvalue weighted by molar-refractivity contribution is 0.0664. The molecule has 1 fully saturated rings. The lowest BCUT2D eigenvalue weighted by Crippen LogP contribution is -2.47. The van der Waals surface area contributed by atoms with Gasteiger partial charge in [0.05, 0.1) is 4.90 Å². The Labute approximate surface area is 160 Å². The normalized spacial score (nSPS) is 15.6. The van der Waals surface area contributed by atoms with Crippen LogP contribution >= 0.6 is 0 Å². The second-order valence-electron chi connectivity index (χ2n) is 7.03. The third-order valence-corrected chi connectivity index (χ3v) is 6.32. The van der Waals surface area contributed by atoms with Crippen molar-refractivity contribution in [2.24, 2.45) is 0 Å². The highest BCUT2D eigenvalue weighted by Crippen LogP contribution is 2.20. The monoisotopic (exact) mass is 387 g/mol. The maximum atomic E-state index is 12.7. The number of sulfonamides is 1. The Morgan fingerprint density at radius 3 is 2.33 bits per heavy atom. The van der Waals surface area contributed by atoms with Gasteiger partial charge in [0.15, 0.2) is 0 Å². The summed E-state index contributed by atoms with van der Waals surface area (Å²) >= 11 is 0. The van der Waals surface area contributed by atoms with Gasteiger partial charge in [-0.3, -0.25) is 9.52 Å². The van der Waals surface area contributed by atoms with Gasteiger partial charge in [-0.25, -0.2) is 8.42 Å². The van der Waals surface area contributed by atoms with E-state index in [4.69, 9.17) is 0 Å². The van der Waals surface area contributed by atoms with Crippen molar-refractivity contribution >= 4 is 21.6 Å². The highest BCUT2D eigenvalue weighted by Gasteiger charge is 2.22. The number of carbonyl (C=O) groups excluding carboxylic acids is 1. The van der Waals surface area contributed by atoms with Crippen LogP contribution in [0.2, 0.25) is 0 Å². The minimum absolute atomic E-state index is 0.0840. The van der Waals surface area contributed by atoms with Gasteiger partial charge in [0.25, 0.3) is 15.9 Å². The third-order valence-electron chi connectivity index (χ3n) is 4.94. The fourth-order valence-electron chi connectivity index (χ4n) is 3.01. The average molecular weight is 388 g/mol. The van der Waals surface area contributed by atoms with Crippen LogP contribution in [0, 0.1) is 13.8 Å². The van der Waals surface area contributed by atoms with E-state index in [-0.39, 0.29) is 10.8 Å². The van der Waals surface area contributed by atoms with Gasteiger partial charge in [0.1, 0.15) is 0 Å². The number of hydrogen-bond acceptors (Lipinski definition) is 4. The number of nitrogens with one attached hydrogen (secondary N) is 1. The van der Waals surface area contributed by atoms with Gasteiger partial charge >= 0.3 is 0 Å². The van der Waals surface area contributed by atoms with E-state index in [1.165, 1.54) is 12.1 Å². The smallest absolute Gasteiger partial charge is 0.261 e. The molecule has 0 spiro atoms. The van der Waals surface area contributed by atoms with E-state index in [0.717, 1.165) is 24.2 Å². The molecule has 7 heteroatoms. The number of carbonyl (C=O) groups is 1. The Balaban J connectivity index is 1.81. The number of likely N-dealkylation sites (N-methyl/N-ethyl adjacent to an activating group) is 1. The zero-order chi connectivity index (χ0) is 19.6. The zero-order valence-corrected chi connectivity index (χ0v) is 16.7. The maximum absolute atomic E-state index is 12.7. The molecule has 0 bridgehead atoms. The van der Waals surface area contributed by atoms with Crippen LogP contribution < -0.4 is 4.72 Å². The molecule has 1 saturated heterocycles. The molecule has 144 valence electrons. The molecule has 0 aliphatic carbocycles. The van der Waals surface area contributed by atoms with E-state index < -0.39 is 10.0 Å². The van der Waals surface area contributed by atoms with Crippen LogP contribution in [0.1, 0.15) is 21.5 Å². The van der Waals surface area contributed by atoms with E-state index in [1.54, 1.807) is 29.2 Å². The van der Waals surface area contributed by atoms with E-state index in [0.29, 0.717) is 24.3 Å². The molecule has 6 nitrogen and oxygen atoms in total. The zero-order valence-electron chi connectivity index (χ0n) is 15.9. The summed E-state index contributed by atoms with van der Waals surface area (Å²) in [6.45, 7) is 6.83. The van der Waals surface area contributed by atoms with E-state index in [9.17, 15) is 13.2 Å². The number of amides is 1. The highest BCUT2D eigenvalue weighted by molar-refractivity contribution is 7.92. The maximum Gasteiger partial charge on any atom is 0.261 e. The Morgan fingerprint density at radius 1 is 0.963 bits per heavy atom. The van der Waals surface area contributed by atoms with Crippen LogP contribution in [0.25, 0.3) is 0 Å². The van der Waals surface area contributed by atoms with Gasteiger partial charge in [0.2, 0.25) is 0 Å². The molecule has 0 unspecified atom stereocenters. The van der Waals surface area contributed by atoms with Crippen LogP contribution in [0.5, 0.6) is 0 Å². The number of anilines is 1. The molecule has 1 heterocycles. The van der Waals surface area contributed by atoms with E-state index >= 15 is 0 Å². The SMILES string of the molecule is Cc1ccc(NS(=O)(=O)c2cccc(C(=O)N3CCN(C)CC3)c2)cc1C. The van der Waals surface area contributed by atoms with Crippen LogP contribution in [-0.4, -0.2) is 57.4 Å². The van der Waals surface area contributed by atoms with E-state index in [2.05, 4.69) is 9.62 Å². The summed E-state index contributed by atoms with van der Waals surface area (Å²) in [5.41, 5.74) is 3.00. The molecular formula is C20H25N3O3S. The first-order chi connectivity index (χ1) is 12.8. The third kappa shape index (κ3) is 4.48. The summed E-state index contributed by atoms with van der Waals surface area (Å²) in [4.78, 5) is 16.7. The topological polar surface area (TPSA) is 69.7 Å². The van der Waals surface area contributed by atoms with Crippen LogP contribution in [-0.2, 0) is 10.0 Å². The summed E-state index contributed by atoms with van der Waals surface area (Å²) in [5, 5.41) is 0. The Morgan fingerprint density at radius 2 is 1.67 bits per heavy atom. The van der Waals surface area contributed by atoms with Crippen molar-refractivity contribution in [1.29, 1.82) is 0 Å². The molecule has 0 saturated carbocycles. The van der Waals surface area contributed by atoms with Crippen molar-refractivity contribution in [3.8, 4) is 0 Å². The van der Waals surface area contributed by atoms with Crippen molar-refractivity contribution < 1.29 is 13.2 Å². The molecule has 1 N–H and O–H groups in total. The average Bonchev–Trinajstić information content (AvgIpc) is 2.65. The van der Waals surface area contributed by atoms with Gasteiger partial charge in [-0.15, -0.1) is 0 Å². The van der Waals surface area contributed by atoms with Gasteiger partial charge < -0.3 is 9.80 Å². The van der Waals surface area contributed by atoms with Crippen molar-refractivity contribution in [2.45, 2.75) is 18.7 Å². The summed E-state index contributed by atoms with van der Waals surface area (Å²) in [7, 11) is -1.75. The van der Waals surface area contributed by atoms with Crippen molar-refractivity contribution in [3.05, 3.63) is 59.2 Å². The fourth-order valence-corrected chi connectivity index (χ4v) is 4.10. The summed E-state index contributed by atoms with van der Waals surface area (Å²) in [6, 6.07) is 11.6. The number of piperazine rings is 1. The minimum Gasteiger partial charge on any atom is -0.336 e. The highest BCUT2D eigenvalue weighted by atomic mass is 32.2. The van der Waals surface area contributed by atoms with Crippen LogP contribution in [0.4, 0.5) is 5.69 Å². The molecule has 1 aliphatic heterocycles. The molecular weight excluding hydrogens is 362 g/mol. The quantitative estimate of drug-likeness (QED) is 0.875. The molecule has 2 aromatic rings. The van der Waals surface area contributed by atoms with Gasteiger partial charge in [-0.2, -0.15) is 0 Å². The summed E-state index contributed by atoms with van der Waals surface area (Å²) < 4.78 is 28.1. The predicted octanol–water partition coefficient (Wildman–Crippen LogP) is 2.49. The van der Waals surface area contributed by atoms with E-state index in [1.807, 2.05) is 27.0 Å². The van der Waals surface area contributed by atoms with Crippen LogP contribution in [0.3, 0.4) is 0 Å². The molecule has 0 atom stereocenters. The number of hydrogen-bond donors (Lipinski definition) is 1. The lowest BCUT2D eigenvalue weighted by Gasteiger charge is -2.32. The Bertz CT molecular complexity index is 949. The van der Waals surface area contributed by atoms with Crippen LogP contribution in [0.15, 0.2) is 47.4 Å². The van der Waals surface area contributed by atoms with Gasteiger partial charge in [-0.05, 0) is 62.4 Å². The number of aryl methyl sites for hydroxylation is 2. The fraction of sp³-hybridized carbons (Fsp3) is 0.350. The predicted molar refractivity (Wildman–Crippen MR) is 107 cm³/mol. The minimum atomic E-state index is -3.77. The Kier molecular flexibility index (Phi) is 5.53. The van der Waals surface area contributed by atoms with Crippen molar-refractivity contribution in [2.75, 3.05) is 37.9 Å². The molecule has 0 aromatic heterocycles. The molecule has 27 heavy (non-hydrogen) atoms. The van der Waals surface area contributed by atoms with Gasteiger partial charge in [-0.1, -0.05) is 12.1 Å². The first-order valence-electron chi connectivity index (χ1n) is 8.94. The van der Waals surface area contributed by atoms with Gasteiger partial charge in [0, 0.05) is 37.4 Å². The number of rotatable bonds is 4. The number of benzene rings is 2. The lowest BCUT2D eigenvalue weighted by atomic mass is 10.1. The number of nitrogens with zero attached hydrogens (tertiary/aromatic N) is 2. The molecule has 1 aliphatic rings.